The van der Waals surface area contributed by atoms with Crippen LogP contribution in [-0.4, -0.2) is 0 Å². The normalized spacial score (nSPS) is 8.77. The highest BCUT2D eigenvalue weighted by Crippen LogP contribution is 2.13. The van der Waals surface area contributed by atoms with Crippen molar-refractivity contribution >= 4 is 12.4 Å². The van der Waals surface area contributed by atoms with Gasteiger partial charge in [-0.3, -0.25) is 0 Å². The van der Waals surface area contributed by atoms with E-state index in [0.29, 0.717) is 0 Å². The van der Waals surface area contributed by atoms with Gasteiger partial charge in [0.25, 0.3) is 0 Å². The zero-order valence-electron chi connectivity index (χ0n) is 6.55. The average Bonchev–Trinajstić information content (AvgIpc) is 2.03. The number of halogens is 3. The van der Waals surface area contributed by atoms with Crippen LogP contribution in [0, 0.1) is 23.0 Å². The zero-order chi connectivity index (χ0) is 9.14. The van der Waals surface area contributed by atoms with E-state index in [1.807, 2.05) is 0 Å². The van der Waals surface area contributed by atoms with Crippen molar-refractivity contribution in [3.63, 3.8) is 0 Å². The highest BCUT2D eigenvalue weighted by Gasteiger charge is 2.08. The molecule has 0 fully saturated rings. The Kier molecular flexibility index (Phi) is 4.32. The van der Waals surface area contributed by atoms with Crippen molar-refractivity contribution in [2.24, 2.45) is 5.73 Å². The quantitative estimate of drug-likeness (QED) is 0.757. The topological polar surface area (TPSA) is 49.8 Å². The molecule has 0 aliphatic rings. The van der Waals surface area contributed by atoms with Crippen LogP contribution in [-0.2, 0) is 6.54 Å². The van der Waals surface area contributed by atoms with Crippen molar-refractivity contribution < 1.29 is 8.78 Å². The maximum atomic E-state index is 12.8. The monoisotopic (exact) mass is 204 g/mol. The lowest BCUT2D eigenvalue weighted by Crippen LogP contribution is -2.03. The number of rotatable bonds is 1. The molecule has 0 unspecified atom stereocenters. The summed E-state index contributed by atoms with van der Waals surface area (Å²) in [6.07, 6.45) is 0. The third kappa shape index (κ3) is 2.38. The van der Waals surface area contributed by atoms with Gasteiger partial charge in [-0.2, -0.15) is 5.26 Å². The minimum atomic E-state index is -0.769. The summed E-state index contributed by atoms with van der Waals surface area (Å²) in [4.78, 5) is 0. The predicted octanol–water partition coefficient (Wildman–Crippen LogP) is 1.72. The number of benzene rings is 1. The van der Waals surface area contributed by atoms with Crippen molar-refractivity contribution in [3.8, 4) is 6.07 Å². The molecule has 0 aliphatic heterocycles. The summed E-state index contributed by atoms with van der Waals surface area (Å²) < 4.78 is 25.7. The highest BCUT2D eigenvalue weighted by molar-refractivity contribution is 5.85. The molecule has 0 amide bonds. The number of hydrogen-bond donors (Lipinski definition) is 1. The molecule has 0 heterocycles. The number of nitrogens with zero attached hydrogens (tertiary/aromatic N) is 1. The Morgan fingerprint density at radius 3 is 2.08 bits per heavy atom. The van der Waals surface area contributed by atoms with Gasteiger partial charge in [0.05, 0.1) is 11.6 Å². The molecule has 0 aromatic heterocycles. The van der Waals surface area contributed by atoms with E-state index >= 15 is 0 Å². The standard InChI is InChI=1S/C8H6F2N2.ClH/c9-7-1-5(3-11)2-8(10)6(7)4-12;/h1-2H,4,12H2;1H. The third-order valence-electron chi connectivity index (χ3n) is 1.47. The number of nitriles is 1. The van der Waals surface area contributed by atoms with E-state index in [2.05, 4.69) is 0 Å². The molecule has 2 N–H and O–H groups in total. The second kappa shape index (κ2) is 4.75. The fraction of sp³-hybridized carbons (Fsp3) is 0.125. The number of nitrogens with two attached hydrogens (primary N) is 1. The maximum Gasteiger partial charge on any atom is 0.131 e. The lowest BCUT2D eigenvalue weighted by atomic mass is 10.1. The minimum absolute atomic E-state index is 0. The van der Waals surface area contributed by atoms with Crippen LogP contribution in [0.5, 0.6) is 0 Å². The Bertz CT molecular complexity index is 323. The zero-order valence-corrected chi connectivity index (χ0v) is 7.37. The Morgan fingerprint density at radius 1 is 1.31 bits per heavy atom. The van der Waals surface area contributed by atoms with Crippen LogP contribution in [0.25, 0.3) is 0 Å². The van der Waals surface area contributed by atoms with Crippen molar-refractivity contribution in [1.82, 2.24) is 0 Å². The van der Waals surface area contributed by atoms with E-state index in [-0.39, 0.29) is 30.1 Å². The first-order valence-electron chi connectivity index (χ1n) is 3.27. The van der Waals surface area contributed by atoms with Gasteiger partial charge in [-0.1, -0.05) is 0 Å². The lowest BCUT2D eigenvalue weighted by Gasteiger charge is -2.00. The molecule has 0 spiro atoms. The summed E-state index contributed by atoms with van der Waals surface area (Å²) in [6, 6.07) is 3.57. The molecular weight excluding hydrogens is 198 g/mol. The lowest BCUT2D eigenvalue weighted by molar-refractivity contribution is 0.556. The second-order valence-corrected chi connectivity index (χ2v) is 2.23. The van der Waals surface area contributed by atoms with Gasteiger partial charge in [-0.05, 0) is 12.1 Å². The molecule has 2 nitrogen and oxygen atoms in total. The summed E-state index contributed by atoms with van der Waals surface area (Å²) in [7, 11) is 0. The Hall–Kier alpha value is -1.18. The van der Waals surface area contributed by atoms with Crippen LogP contribution in [0.1, 0.15) is 11.1 Å². The van der Waals surface area contributed by atoms with Gasteiger partial charge in [0, 0.05) is 12.1 Å². The van der Waals surface area contributed by atoms with Gasteiger partial charge in [-0.25, -0.2) is 8.78 Å². The molecule has 1 aromatic carbocycles. The van der Waals surface area contributed by atoms with Gasteiger partial charge in [0.2, 0.25) is 0 Å². The highest BCUT2D eigenvalue weighted by atomic mass is 35.5. The largest absolute Gasteiger partial charge is 0.326 e. The van der Waals surface area contributed by atoms with E-state index in [9.17, 15) is 8.78 Å². The van der Waals surface area contributed by atoms with Gasteiger partial charge >= 0.3 is 0 Å². The van der Waals surface area contributed by atoms with Gasteiger partial charge in [0.1, 0.15) is 11.6 Å². The third-order valence-corrected chi connectivity index (χ3v) is 1.47. The second-order valence-electron chi connectivity index (χ2n) is 2.23. The van der Waals surface area contributed by atoms with Crippen LogP contribution >= 0.6 is 12.4 Å². The van der Waals surface area contributed by atoms with Crippen LogP contribution in [0.4, 0.5) is 8.78 Å². The van der Waals surface area contributed by atoms with E-state index in [4.69, 9.17) is 11.0 Å². The van der Waals surface area contributed by atoms with E-state index < -0.39 is 11.6 Å². The maximum absolute atomic E-state index is 12.8. The van der Waals surface area contributed by atoms with Gasteiger partial charge in [0.15, 0.2) is 0 Å². The molecule has 5 heteroatoms. The van der Waals surface area contributed by atoms with Crippen molar-refractivity contribution in [3.05, 3.63) is 34.9 Å². The van der Waals surface area contributed by atoms with Crippen molar-refractivity contribution in [2.75, 3.05) is 0 Å². The summed E-state index contributed by atoms with van der Waals surface area (Å²) in [6.45, 7) is -0.205. The van der Waals surface area contributed by atoms with Crippen LogP contribution in [0.3, 0.4) is 0 Å². The number of hydrogen-bond acceptors (Lipinski definition) is 2. The molecule has 0 saturated heterocycles. The Balaban J connectivity index is 0.00000144. The molecule has 0 aliphatic carbocycles. The molecule has 0 bridgehead atoms. The van der Waals surface area contributed by atoms with E-state index in [0.717, 1.165) is 12.1 Å². The first-order valence-corrected chi connectivity index (χ1v) is 3.27. The van der Waals surface area contributed by atoms with Crippen LogP contribution in [0.2, 0.25) is 0 Å². The molecule has 70 valence electrons. The van der Waals surface area contributed by atoms with Gasteiger partial charge in [-0.15, -0.1) is 12.4 Å². The molecule has 1 aromatic rings. The van der Waals surface area contributed by atoms with E-state index in [1.165, 1.54) is 0 Å². The fourth-order valence-corrected chi connectivity index (χ4v) is 0.863. The minimum Gasteiger partial charge on any atom is -0.326 e. The molecule has 1 rings (SSSR count). The summed E-state index contributed by atoms with van der Waals surface area (Å²) in [5.74, 6) is -1.54. The van der Waals surface area contributed by atoms with Crippen molar-refractivity contribution in [2.45, 2.75) is 6.54 Å². The van der Waals surface area contributed by atoms with Crippen molar-refractivity contribution in [1.29, 1.82) is 5.26 Å². The molecule has 0 radical (unpaired) electrons. The fourth-order valence-electron chi connectivity index (χ4n) is 0.863. The average molecular weight is 205 g/mol. The molecule has 0 atom stereocenters. The molecular formula is C8H7ClF2N2. The van der Waals surface area contributed by atoms with Crippen LogP contribution < -0.4 is 5.73 Å². The Morgan fingerprint density at radius 2 is 1.77 bits per heavy atom. The Labute approximate surface area is 80.4 Å². The van der Waals surface area contributed by atoms with Crippen LogP contribution in [0.15, 0.2) is 12.1 Å². The molecule has 13 heavy (non-hydrogen) atoms. The summed E-state index contributed by atoms with van der Waals surface area (Å²) in [5, 5.41) is 8.34. The first-order chi connectivity index (χ1) is 5.69. The van der Waals surface area contributed by atoms with E-state index in [1.54, 1.807) is 6.07 Å². The predicted molar refractivity (Wildman–Crippen MR) is 46.2 cm³/mol. The molecule has 0 saturated carbocycles. The first kappa shape index (κ1) is 11.8. The smallest absolute Gasteiger partial charge is 0.131 e. The van der Waals surface area contributed by atoms with Gasteiger partial charge < -0.3 is 5.73 Å². The SMILES string of the molecule is Cl.N#Cc1cc(F)c(CN)c(F)c1. The summed E-state index contributed by atoms with van der Waals surface area (Å²) >= 11 is 0. The summed E-state index contributed by atoms with van der Waals surface area (Å²) in [5.41, 5.74) is 4.85.